The van der Waals surface area contributed by atoms with Crippen LogP contribution in [0.1, 0.15) is 46.2 Å². The minimum Gasteiger partial charge on any atom is -0.453 e. The van der Waals surface area contributed by atoms with Crippen molar-refractivity contribution in [3.05, 3.63) is 104 Å². The average molecular weight is 572 g/mol. The lowest BCUT2D eigenvalue weighted by atomic mass is 9.88. The molecule has 3 aromatic carbocycles. The number of carbonyl (C=O) groups excluding carboxylic acids is 1. The van der Waals surface area contributed by atoms with Gasteiger partial charge in [-0.05, 0) is 53.6 Å². The molecule has 8 heteroatoms. The van der Waals surface area contributed by atoms with Crippen LogP contribution in [0.5, 0.6) is 0 Å². The number of benzene rings is 3. The molecule has 1 N–H and O–H groups in total. The minimum atomic E-state index is -4.46. The van der Waals surface area contributed by atoms with E-state index < -0.39 is 35.8 Å². The Morgan fingerprint density at radius 2 is 1.50 bits per heavy atom. The second kappa shape index (κ2) is 10.2. The summed E-state index contributed by atoms with van der Waals surface area (Å²) < 4.78 is 45.9. The molecule has 32 heavy (non-hydrogen) atoms. The summed E-state index contributed by atoms with van der Waals surface area (Å²) in [5.74, 6) is -1.24. The van der Waals surface area contributed by atoms with Crippen LogP contribution in [-0.4, -0.2) is 11.1 Å². The molecule has 0 spiro atoms. The molecule has 0 saturated heterocycles. The van der Waals surface area contributed by atoms with E-state index in [1.54, 1.807) is 49.4 Å². The summed E-state index contributed by atoms with van der Waals surface area (Å²) in [6.07, 6.45) is -6.49. The molecular formula is C24H19Br2F3O3. The average Bonchev–Trinajstić information content (AvgIpc) is 2.76. The summed E-state index contributed by atoms with van der Waals surface area (Å²) in [6.45, 7) is 1.68. The van der Waals surface area contributed by atoms with Gasteiger partial charge in [0.1, 0.15) is 6.10 Å². The van der Waals surface area contributed by atoms with E-state index in [1.165, 1.54) is 12.1 Å². The van der Waals surface area contributed by atoms with E-state index in [0.29, 0.717) is 21.2 Å². The van der Waals surface area contributed by atoms with Crippen molar-refractivity contribution in [3.8, 4) is 0 Å². The Labute approximate surface area is 200 Å². The fourth-order valence-corrected chi connectivity index (χ4v) is 4.12. The molecule has 3 atom stereocenters. The first-order valence-electron chi connectivity index (χ1n) is 9.63. The van der Waals surface area contributed by atoms with Gasteiger partial charge >= 0.3 is 12.1 Å². The van der Waals surface area contributed by atoms with E-state index in [1.807, 2.05) is 6.07 Å². The smallest absolute Gasteiger partial charge is 0.416 e. The van der Waals surface area contributed by atoms with Crippen molar-refractivity contribution in [2.24, 2.45) is 5.92 Å². The van der Waals surface area contributed by atoms with Crippen LogP contribution < -0.4 is 0 Å². The van der Waals surface area contributed by atoms with Gasteiger partial charge in [0, 0.05) is 14.9 Å². The number of aliphatic hydroxyl groups is 1. The van der Waals surface area contributed by atoms with Gasteiger partial charge in [0.25, 0.3) is 0 Å². The lowest BCUT2D eigenvalue weighted by Gasteiger charge is -2.29. The zero-order valence-corrected chi connectivity index (χ0v) is 20.0. The summed E-state index contributed by atoms with van der Waals surface area (Å²) in [6, 6.07) is 18.2. The quantitative estimate of drug-likeness (QED) is 0.312. The van der Waals surface area contributed by atoms with E-state index in [9.17, 15) is 23.1 Å². The number of alkyl halides is 3. The van der Waals surface area contributed by atoms with Crippen molar-refractivity contribution >= 4 is 37.8 Å². The van der Waals surface area contributed by atoms with Crippen molar-refractivity contribution in [2.45, 2.75) is 25.3 Å². The number of rotatable bonds is 6. The molecular weight excluding hydrogens is 553 g/mol. The van der Waals surface area contributed by atoms with Crippen molar-refractivity contribution in [1.82, 2.24) is 0 Å². The summed E-state index contributed by atoms with van der Waals surface area (Å²) in [4.78, 5) is 12.8. The van der Waals surface area contributed by atoms with E-state index in [4.69, 9.17) is 4.74 Å². The topological polar surface area (TPSA) is 46.5 Å². The molecule has 3 nitrogen and oxygen atoms in total. The Morgan fingerprint density at radius 1 is 0.906 bits per heavy atom. The predicted molar refractivity (Wildman–Crippen MR) is 122 cm³/mol. The number of carbonyl (C=O) groups is 1. The minimum absolute atomic E-state index is 0.295. The second-order valence-corrected chi connectivity index (χ2v) is 9.15. The standard InChI is InChI=1S/C24H19Br2F3O3/c1-14(21(30)15-8-10-18(11-9-15)24(27,28)29)22(16-4-2-6-19(25)12-16)32-23(31)17-5-3-7-20(26)13-17/h2-14,21-22,30H,1H3/t14-,21-,22-/m0/s1. The van der Waals surface area contributed by atoms with Gasteiger partial charge < -0.3 is 9.84 Å². The Bertz CT molecular complexity index is 1080. The zero-order chi connectivity index (χ0) is 23.5. The van der Waals surface area contributed by atoms with Crippen molar-refractivity contribution in [3.63, 3.8) is 0 Å². The molecule has 0 aliphatic carbocycles. The van der Waals surface area contributed by atoms with Gasteiger partial charge in [0.15, 0.2) is 0 Å². The summed E-state index contributed by atoms with van der Waals surface area (Å²) in [5, 5.41) is 10.9. The Morgan fingerprint density at radius 3 is 2.06 bits per heavy atom. The number of hydrogen-bond donors (Lipinski definition) is 1. The molecule has 168 valence electrons. The summed E-state index contributed by atoms with van der Waals surface area (Å²) in [5.41, 5.74) is 0.464. The van der Waals surface area contributed by atoms with Gasteiger partial charge in [-0.1, -0.05) is 69.1 Å². The van der Waals surface area contributed by atoms with Crippen LogP contribution in [-0.2, 0) is 10.9 Å². The van der Waals surface area contributed by atoms with E-state index in [2.05, 4.69) is 31.9 Å². The van der Waals surface area contributed by atoms with Crippen LogP contribution in [0.2, 0.25) is 0 Å². The number of aliphatic hydroxyl groups excluding tert-OH is 1. The molecule has 0 amide bonds. The lowest BCUT2D eigenvalue weighted by Crippen LogP contribution is -2.23. The van der Waals surface area contributed by atoms with Crippen molar-refractivity contribution < 1.29 is 27.8 Å². The monoisotopic (exact) mass is 570 g/mol. The maximum absolute atomic E-state index is 12.9. The molecule has 0 radical (unpaired) electrons. The lowest BCUT2D eigenvalue weighted by molar-refractivity contribution is -0.137. The third-order valence-corrected chi connectivity index (χ3v) is 6.01. The second-order valence-electron chi connectivity index (χ2n) is 7.31. The first kappa shape index (κ1) is 24.5. The third-order valence-electron chi connectivity index (χ3n) is 5.03. The maximum Gasteiger partial charge on any atom is 0.416 e. The van der Waals surface area contributed by atoms with Gasteiger partial charge in [-0.15, -0.1) is 0 Å². The number of hydrogen-bond acceptors (Lipinski definition) is 3. The largest absolute Gasteiger partial charge is 0.453 e. The predicted octanol–water partition coefficient (Wildman–Crippen LogP) is 7.50. The Balaban J connectivity index is 1.91. The zero-order valence-electron chi connectivity index (χ0n) is 16.8. The number of halogens is 5. The van der Waals surface area contributed by atoms with Crippen LogP contribution in [0.4, 0.5) is 13.2 Å². The van der Waals surface area contributed by atoms with Crippen LogP contribution in [0.3, 0.4) is 0 Å². The summed E-state index contributed by atoms with van der Waals surface area (Å²) >= 11 is 6.71. The van der Waals surface area contributed by atoms with E-state index in [-0.39, 0.29) is 0 Å². The fourth-order valence-electron chi connectivity index (χ4n) is 3.30. The highest BCUT2D eigenvalue weighted by Crippen LogP contribution is 2.38. The molecule has 0 aromatic heterocycles. The molecule has 0 unspecified atom stereocenters. The van der Waals surface area contributed by atoms with Crippen LogP contribution >= 0.6 is 31.9 Å². The van der Waals surface area contributed by atoms with Gasteiger partial charge in [-0.25, -0.2) is 4.79 Å². The summed E-state index contributed by atoms with van der Waals surface area (Å²) in [7, 11) is 0. The van der Waals surface area contributed by atoms with Gasteiger partial charge in [0.05, 0.1) is 17.2 Å². The molecule has 0 heterocycles. The van der Waals surface area contributed by atoms with Gasteiger partial charge in [-0.2, -0.15) is 13.2 Å². The molecule has 0 aliphatic rings. The van der Waals surface area contributed by atoms with Crippen molar-refractivity contribution in [1.29, 1.82) is 0 Å². The highest BCUT2D eigenvalue weighted by Gasteiger charge is 2.33. The number of ether oxygens (including phenoxy) is 1. The Hall–Kier alpha value is -2.16. The molecule has 3 rings (SSSR count). The first-order valence-corrected chi connectivity index (χ1v) is 11.2. The highest BCUT2D eigenvalue weighted by atomic mass is 79.9. The highest BCUT2D eigenvalue weighted by molar-refractivity contribution is 9.10. The van der Waals surface area contributed by atoms with E-state index in [0.717, 1.165) is 16.6 Å². The fraction of sp³-hybridized carbons (Fsp3) is 0.208. The first-order chi connectivity index (χ1) is 15.1. The van der Waals surface area contributed by atoms with Gasteiger partial charge in [0.2, 0.25) is 0 Å². The van der Waals surface area contributed by atoms with Crippen LogP contribution in [0, 0.1) is 5.92 Å². The van der Waals surface area contributed by atoms with E-state index >= 15 is 0 Å². The van der Waals surface area contributed by atoms with Gasteiger partial charge in [-0.3, -0.25) is 0 Å². The SMILES string of the molecule is C[C@@H]([C@H](O)c1ccc(C(F)(F)F)cc1)[C@H](OC(=O)c1cccc(Br)c1)c1cccc(Br)c1. The number of esters is 1. The van der Waals surface area contributed by atoms with Crippen molar-refractivity contribution in [2.75, 3.05) is 0 Å². The molecule has 0 saturated carbocycles. The molecule has 0 fully saturated rings. The maximum atomic E-state index is 12.9. The molecule has 0 aliphatic heterocycles. The van der Waals surface area contributed by atoms with Crippen LogP contribution in [0.15, 0.2) is 81.7 Å². The van der Waals surface area contributed by atoms with Crippen LogP contribution in [0.25, 0.3) is 0 Å². The Kier molecular flexibility index (Phi) is 7.79. The normalized spacial score (nSPS) is 14.5. The molecule has 3 aromatic rings. The molecule has 0 bridgehead atoms. The third kappa shape index (κ3) is 5.99.